The van der Waals surface area contributed by atoms with Crippen LogP contribution in [0.5, 0.6) is 0 Å². The fourth-order valence-electron chi connectivity index (χ4n) is 0.839. The molecule has 0 aromatic rings. The average Bonchev–Trinajstić information content (AvgIpc) is 2.11. The number of hydrogen-bond acceptors (Lipinski definition) is 3. The number of rotatable bonds is 4. The van der Waals surface area contributed by atoms with Crippen LogP contribution in [0.15, 0.2) is 12.1 Å². The predicted octanol–water partition coefficient (Wildman–Crippen LogP) is 2.30. The van der Waals surface area contributed by atoms with Gasteiger partial charge in [0, 0.05) is 7.05 Å². The van der Waals surface area contributed by atoms with Crippen molar-refractivity contribution in [3.8, 4) is 0 Å². The standard InChI is InChI=1S/C9H16F3NO3Si/c1-13(8(14)9(10,11)12)6-7(15-2)16-17(3,4)5/h6H,1-5H3/b7-6+. The predicted molar refractivity (Wildman–Crippen MR) is 58.3 cm³/mol. The molecule has 0 radical (unpaired) electrons. The summed E-state index contributed by atoms with van der Waals surface area (Å²) in [6.45, 7) is 5.52. The first-order valence-electron chi connectivity index (χ1n) is 4.76. The van der Waals surface area contributed by atoms with Gasteiger partial charge in [0.05, 0.1) is 13.3 Å². The zero-order valence-electron chi connectivity index (χ0n) is 10.4. The molecular weight excluding hydrogens is 255 g/mol. The molecule has 0 bridgehead atoms. The molecule has 0 N–H and O–H groups in total. The first kappa shape index (κ1) is 15.8. The lowest BCUT2D eigenvalue weighted by Crippen LogP contribution is -2.36. The van der Waals surface area contributed by atoms with Crippen LogP contribution in [0.25, 0.3) is 0 Å². The molecule has 0 aliphatic carbocycles. The topological polar surface area (TPSA) is 38.8 Å². The second kappa shape index (κ2) is 5.43. The van der Waals surface area contributed by atoms with E-state index in [0.29, 0.717) is 4.90 Å². The molecule has 4 nitrogen and oxygen atoms in total. The van der Waals surface area contributed by atoms with Gasteiger partial charge in [-0.15, -0.1) is 0 Å². The monoisotopic (exact) mass is 271 g/mol. The maximum absolute atomic E-state index is 12.1. The van der Waals surface area contributed by atoms with E-state index in [4.69, 9.17) is 9.16 Å². The third-order valence-electron chi connectivity index (χ3n) is 1.47. The third-order valence-corrected chi connectivity index (χ3v) is 2.28. The molecular formula is C9H16F3NO3Si. The van der Waals surface area contributed by atoms with Gasteiger partial charge in [-0.25, -0.2) is 0 Å². The molecule has 1 amide bonds. The second-order valence-corrected chi connectivity index (χ2v) is 8.71. The van der Waals surface area contributed by atoms with Gasteiger partial charge in [-0.1, -0.05) is 0 Å². The Balaban J connectivity index is 4.80. The van der Waals surface area contributed by atoms with E-state index in [-0.39, 0.29) is 5.95 Å². The van der Waals surface area contributed by atoms with E-state index < -0.39 is 20.4 Å². The van der Waals surface area contributed by atoms with Crippen LogP contribution >= 0.6 is 0 Å². The van der Waals surface area contributed by atoms with Crippen molar-refractivity contribution < 1.29 is 27.1 Å². The van der Waals surface area contributed by atoms with E-state index in [1.54, 1.807) is 0 Å². The Hall–Kier alpha value is -1.18. The molecule has 17 heavy (non-hydrogen) atoms. The molecule has 0 unspecified atom stereocenters. The van der Waals surface area contributed by atoms with Crippen LogP contribution in [-0.2, 0) is 14.0 Å². The number of hydrogen-bond donors (Lipinski definition) is 0. The van der Waals surface area contributed by atoms with Crippen molar-refractivity contribution in [2.45, 2.75) is 25.8 Å². The van der Waals surface area contributed by atoms with E-state index in [9.17, 15) is 18.0 Å². The quantitative estimate of drug-likeness (QED) is 0.582. The fraction of sp³-hybridized carbons (Fsp3) is 0.667. The molecule has 0 heterocycles. The number of methoxy groups -OCH3 is 1. The van der Waals surface area contributed by atoms with Gasteiger partial charge in [0.1, 0.15) is 0 Å². The van der Waals surface area contributed by atoms with Crippen LogP contribution < -0.4 is 0 Å². The van der Waals surface area contributed by atoms with Crippen LogP contribution in [0.1, 0.15) is 0 Å². The number of ether oxygens (including phenoxy) is 1. The Kier molecular flexibility index (Phi) is 5.06. The van der Waals surface area contributed by atoms with Gasteiger partial charge in [-0.2, -0.15) is 13.2 Å². The Morgan fingerprint density at radius 1 is 1.29 bits per heavy atom. The second-order valence-electron chi connectivity index (χ2n) is 4.28. The lowest BCUT2D eigenvalue weighted by molar-refractivity contribution is -0.181. The van der Waals surface area contributed by atoms with Crippen molar-refractivity contribution in [1.82, 2.24) is 4.90 Å². The van der Waals surface area contributed by atoms with E-state index >= 15 is 0 Å². The molecule has 0 saturated carbocycles. The summed E-state index contributed by atoms with van der Waals surface area (Å²) in [5.74, 6) is -2.09. The first-order chi connectivity index (χ1) is 7.47. The highest BCUT2D eigenvalue weighted by atomic mass is 28.4. The van der Waals surface area contributed by atoms with E-state index in [1.165, 1.54) is 7.11 Å². The normalized spacial score (nSPS) is 13.3. The molecule has 0 atom stereocenters. The number of alkyl halides is 3. The number of carbonyl (C=O) groups is 1. The molecule has 0 aliphatic rings. The van der Waals surface area contributed by atoms with E-state index in [2.05, 4.69) is 0 Å². The molecule has 100 valence electrons. The molecule has 0 spiro atoms. The van der Waals surface area contributed by atoms with Gasteiger partial charge in [0.15, 0.2) is 0 Å². The van der Waals surface area contributed by atoms with Crippen molar-refractivity contribution in [3.63, 3.8) is 0 Å². The molecule has 0 aromatic heterocycles. The Bertz CT molecular complexity index is 310. The molecule has 0 aromatic carbocycles. The zero-order chi connectivity index (χ0) is 13.9. The summed E-state index contributed by atoms with van der Waals surface area (Å²) in [6.07, 6.45) is -4.03. The van der Waals surface area contributed by atoms with Crippen LogP contribution in [0, 0.1) is 0 Å². The zero-order valence-corrected chi connectivity index (χ0v) is 11.4. The highest BCUT2D eigenvalue weighted by Crippen LogP contribution is 2.19. The molecule has 0 fully saturated rings. The maximum atomic E-state index is 12.1. The van der Waals surface area contributed by atoms with Crippen molar-refractivity contribution >= 4 is 14.2 Å². The Morgan fingerprint density at radius 2 is 1.76 bits per heavy atom. The summed E-state index contributed by atoms with van der Waals surface area (Å²) < 4.78 is 46.4. The van der Waals surface area contributed by atoms with Gasteiger partial charge >= 0.3 is 12.1 Å². The van der Waals surface area contributed by atoms with Crippen LogP contribution in [0.3, 0.4) is 0 Å². The van der Waals surface area contributed by atoms with E-state index in [0.717, 1.165) is 13.2 Å². The summed E-state index contributed by atoms with van der Waals surface area (Å²) in [6, 6.07) is 0. The van der Waals surface area contributed by atoms with Gasteiger partial charge < -0.3 is 14.1 Å². The van der Waals surface area contributed by atoms with Crippen LogP contribution in [-0.4, -0.2) is 39.5 Å². The van der Waals surface area contributed by atoms with Gasteiger partial charge in [-0.3, -0.25) is 4.79 Å². The number of halogens is 3. The Morgan fingerprint density at radius 3 is 2.06 bits per heavy atom. The molecule has 0 saturated heterocycles. The van der Waals surface area contributed by atoms with Crippen molar-refractivity contribution in [2.75, 3.05) is 14.2 Å². The maximum Gasteiger partial charge on any atom is 0.471 e. The number of nitrogens with zero attached hydrogens (tertiary/aromatic N) is 1. The van der Waals surface area contributed by atoms with E-state index in [1.807, 2.05) is 19.6 Å². The Labute approximate surface area is 99.1 Å². The number of amides is 1. The highest BCUT2D eigenvalue weighted by Gasteiger charge is 2.41. The largest absolute Gasteiger partial charge is 0.519 e. The summed E-state index contributed by atoms with van der Waals surface area (Å²) in [4.78, 5) is 11.2. The fourth-order valence-corrected chi connectivity index (χ4v) is 1.58. The summed E-state index contributed by atoms with van der Waals surface area (Å²) in [7, 11) is 0.249. The molecule has 0 aliphatic heterocycles. The first-order valence-corrected chi connectivity index (χ1v) is 8.17. The van der Waals surface area contributed by atoms with Crippen molar-refractivity contribution in [2.24, 2.45) is 0 Å². The van der Waals surface area contributed by atoms with Crippen LogP contribution in [0.4, 0.5) is 13.2 Å². The van der Waals surface area contributed by atoms with Crippen LogP contribution in [0.2, 0.25) is 19.6 Å². The van der Waals surface area contributed by atoms with Gasteiger partial charge in [-0.05, 0) is 19.6 Å². The summed E-state index contributed by atoms with van der Waals surface area (Å²) in [5.41, 5.74) is 0. The lowest BCUT2D eigenvalue weighted by Gasteiger charge is -2.22. The van der Waals surface area contributed by atoms with Crippen molar-refractivity contribution in [3.05, 3.63) is 12.1 Å². The third kappa shape index (κ3) is 6.20. The lowest BCUT2D eigenvalue weighted by atomic mass is 10.5. The molecule has 8 heteroatoms. The highest BCUT2D eigenvalue weighted by molar-refractivity contribution is 6.69. The van der Waals surface area contributed by atoms with Gasteiger partial charge in [0.2, 0.25) is 8.32 Å². The average molecular weight is 271 g/mol. The summed E-state index contributed by atoms with van der Waals surface area (Å²) in [5, 5.41) is 0. The molecule has 0 rings (SSSR count). The summed E-state index contributed by atoms with van der Waals surface area (Å²) >= 11 is 0. The smallest absolute Gasteiger partial charge is 0.471 e. The van der Waals surface area contributed by atoms with Gasteiger partial charge in [0.25, 0.3) is 5.95 Å². The van der Waals surface area contributed by atoms with Crippen molar-refractivity contribution in [1.29, 1.82) is 0 Å². The SMILES string of the molecule is CO/C(=C\N(C)C(=O)C(F)(F)F)O[Si](C)(C)C. The minimum atomic E-state index is -4.91. The minimum Gasteiger partial charge on any atom is -0.519 e. The number of carbonyl (C=O) groups excluding carboxylic acids is 1. The minimum absolute atomic E-state index is 0.107.